The molecule has 4 heteroatoms. The molecule has 18 heavy (non-hydrogen) atoms. The van der Waals surface area contributed by atoms with Gasteiger partial charge in [0.1, 0.15) is 11.3 Å². The minimum atomic E-state index is -0.256. The Morgan fingerprint density at radius 1 is 1.28 bits per heavy atom. The number of rotatable bonds is 2. The summed E-state index contributed by atoms with van der Waals surface area (Å²) in [5.74, 6) is 0.877. The molecule has 0 aliphatic heterocycles. The number of nitrogens with zero attached hydrogens (tertiary/aromatic N) is 2. The highest BCUT2D eigenvalue weighted by Crippen LogP contribution is 2.33. The van der Waals surface area contributed by atoms with Crippen LogP contribution in [0.1, 0.15) is 44.0 Å². The van der Waals surface area contributed by atoms with Gasteiger partial charge in [0.15, 0.2) is 5.82 Å². The third-order valence-electron chi connectivity index (χ3n) is 3.80. The zero-order chi connectivity index (χ0) is 12.5. The highest BCUT2D eigenvalue weighted by atomic mass is 35.5. The third kappa shape index (κ3) is 1.91. The first kappa shape index (κ1) is 12.0. The van der Waals surface area contributed by atoms with Crippen LogP contribution in [-0.4, -0.2) is 9.55 Å². The minimum Gasteiger partial charge on any atom is -0.324 e. The Kier molecular flexibility index (Phi) is 3.25. The topological polar surface area (TPSA) is 17.8 Å². The lowest BCUT2D eigenvalue weighted by molar-refractivity contribution is 0.354. The Morgan fingerprint density at radius 3 is 2.78 bits per heavy atom. The molecule has 1 aromatic carbocycles. The number of benzene rings is 1. The number of imidazole rings is 1. The Morgan fingerprint density at radius 2 is 2.06 bits per heavy atom. The summed E-state index contributed by atoms with van der Waals surface area (Å²) < 4.78 is 15.9. The summed E-state index contributed by atoms with van der Waals surface area (Å²) in [4.78, 5) is 4.36. The van der Waals surface area contributed by atoms with Gasteiger partial charge < -0.3 is 4.57 Å². The number of hydrogen-bond acceptors (Lipinski definition) is 1. The molecule has 2 aromatic rings. The molecule has 96 valence electrons. The van der Waals surface area contributed by atoms with Gasteiger partial charge in [-0.2, -0.15) is 0 Å². The molecule has 1 aromatic heterocycles. The summed E-state index contributed by atoms with van der Waals surface area (Å²) in [6.45, 7) is 0. The molecule has 0 amide bonds. The first-order chi connectivity index (χ1) is 8.81. The average Bonchev–Trinajstić information content (AvgIpc) is 2.80. The normalized spacial score (nSPS) is 17.4. The summed E-state index contributed by atoms with van der Waals surface area (Å²) >= 11 is 5.97. The van der Waals surface area contributed by atoms with E-state index in [4.69, 9.17) is 11.6 Å². The van der Waals surface area contributed by atoms with Crippen LogP contribution >= 0.6 is 11.6 Å². The molecule has 1 fully saturated rings. The fraction of sp³-hybridized carbons (Fsp3) is 0.500. The summed E-state index contributed by atoms with van der Waals surface area (Å²) in [6, 6.07) is 5.57. The summed E-state index contributed by atoms with van der Waals surface area (Å²) in [5.41, 5.74) is 1.34. The van der Waals surface area contributed by atoms with Crippen LogP contribution in [0.3, 0.4) is 0 Å². The van der Waals surface area contributed by atoms with Gasteiger partial charge in [0.05, 0.1) is 11.4 Å². The maximum absolute atomic E-state index is 13.8. The lowest BCUT2D eigenvalue weighted by Gasteiger charge is -2.25. The molecule has 1 heterocycles. The lowest BCUT2D eigenvalue weighted by Crippen LogP contribution is -2.14. The summed E-state index contributed by atoms with van der Waals surface area (Å²) in [6.07, 6.45) is 6.06. The van der Waals surface area contributed by atoms with Crippen molar-refractivity contribution in [2.45, 2.75) is 44.0 Å². The highest BCUT2D eigenvalue weighted by Gasteiger charge is 2.21. The van der Waals surface area contributed by atoms with Crippen molar-refractivity contribution in [1.29, 1.82) is 0 Å². The molecule has 1 saturated carbocycles. The van der Waals surface area contributed by atoms with E-state index in [9.17, 15) is 4.39 Å². The molecule has 0 atom stereocenters. The van der Waals surface area contributed by atoms with Gasteiger partial charge in [-0.3, -0.25) is 0 Å². The van der Waals surface area contributed by atoms with Gasteiger partial charge in [-0.05, 0) is 25.0 Å². The Labute approximate surface area is 111 Å². The van der Waals surface area contributed by atoms with E-state index in [0.29, 0.717) is 17.4 Å². The van der Waals surface area contributed by atoms with Gasteiger partial charge in [0.25, 0.3) is 0 Å². The van der Waals surface area contributed by atoms with Crippen molar-refractivity contribution < 1.29 is 4.39 Å². The predicted octanol–water partition coefficient (Wildman–Crippen LogP) is 4.42. The van der Waals surface area contributed by atoms with Crippen LogP contribution < -0.4 is 0 Å². The molecule has 0 bridgehead atoms. The van der Waals surface area contributed by atoms with Gasteiger partial charge in [0.2, 0.25) is 0 Å². The minimum absolute atomic E-state index is 0.256. The Bertz CT molecular complexity index is 558. The van der Waals surface area contributed by atoms with Crippen molar-refractivity contribution >= 4 is 22.6 Å². The second-order valence-electron chi connectivity index (χ2n) is 4.93. The number of para-hydroxylation sites is 1. The zero-order valence-corrected chi connectivity index (χ0v) is 11.0. The van der Waals surface area contributed by atoms with Crippen LogP contribution in [-0.2, 0) is 5.88 Å². The molecule has 0 spiro atoms. The van der Waals surface area contributed by atoms with E-state index in [1.165, 1.54) is 25.3 Å². The van der Waals surface area contributed by atoms with Gasteiger partial charge in [-0.15, -0.1) is 11.6 Å². The van der Waals surface area contributed by atoms with Crippen molar-refractivity contribution in [1.82, 2.24) is 9.55 Å². The molecule has 0 N–H and O–H groups in total. The Balaban J connectivity index is 2.16. The van der Waals surface area contributed by atoms with Crippen LogP contribution in [0.2, 0.25) is 0 Å². The summed E-state index contributed by atoms with van der Waals surface area (Å²) in [5, 5.41) is 0. The molecule has 1 aliphatic rings. The van der Waals surface area contributed by atoms with Crippen LogP contribution in [0, 0.1) is 5.82 Å². The number of alkyl halides is 1. The first-order valence-corrected chi connectivity index (χ1v) is 7.06. The predicted molar refractivity (Wildman–Crippen MR) is 71.4 cm³/mol. The van der Waals surface area contributed by atoms with Gasteiger partial charge in [-0.25, -0.2) is 9.37 Å². The van der Waals surface area contributed by atoms with E-state index in [1.54, 1.807) is 6.07 Å². The van der Waals surface area contributed by atoms with E-state index < -0.39 is 0 Å². The van der Waals surface area contributed by atoms with Crippen LogP contribution in [0.5, 0.6) is 0 Å². The van der Waals surface area contributed by atoms with Crippen molar-refractivity contribution in [3.05, 3.63) is 29.8 Å². The number of aromatic nitrogens is 2. The molecular weight excluding hydrogens is 251 g/mol. The number of halogens is 2. The first-order valence-electron chi connectivity index (χ1n) is 6.52. The van der Waals surface area contributed by atoms with Gasteiger partial charge >= 0.3 is 0 Å². The molecule has 0 unspecified atom stereocenters. The fourth-order valence-electron chi connectivity index (χ4n) is 2.97. The molecular formula is C14H16ClFN2. The van der Waals surface area contributed by atoms with Crippen molar-refractivity contribution in [2.75, 3.05) is 0 Å². The van der Waals surface area contributed by atoms with Crippen molar-refractivity contribution in [2.24, 2.45) is 0 Å². The molecule has 0 saturated heterocycles. The standard InChI is InChI=1S/C14H16ClFN2/c15-9-13-17-14-11(16)7-4-8-12(14)18(13)10-5-2-1-3-6-10/h4,7-8,10H,1-3,5-6,9H2. The van der Waals surface area contributed by atoms with Gasteiger partial charge in [-0.1, -0.05) is 25.3 Å². The molecule has 0 radical (unpaired) electrons. The quantitative estimate of drug-likeness (QED) is 0.736. The average molecular weight is 267 g/mol. The maximum Gasteiger partial charge on any atom is 0.151 e. The molecule has 2 nitrogen and oxygen atoms in total. The number of fused-ring (bicyclic) bond motifs is 1. The molecule has 1 aliphatic carbocycles. The molecule has 3 rings (SSSR count). The maximum atomic E-state index is 13.8. The second-order valence-corrected chi connectivity index (χ2v) is 5.20. The third-order valence-corrected chi connectivity index (χ3v) is 4.04. The smallest absolute Gasteiger partial charge is 0.151 e. The van der Waals surface area contributed by atoms with Crippen LogP contribution in [0.4, 0.5) is 4.39 Å². The van der Waals surface area contributed by atoms with E-state index in [-0.39, 0.29) is 5.82 Å². The fourth-order valence-corrected chi connectivity index (χ4v) is 3.16. The number of hydrogen-bond donors (Lipinski definition) is 0. The largest absolute Gasteiger partial charge is 0.324 e. The van der Waals surface area contributed by atoms with Crippen LogP contribution in [0.25, 0.3) is 11.0 Å². The SMILES string of the molecule is Fc1cccc2c1nc(CCl)n2C1CCCCC1. The van der Waals surface area contributed by atoms with E-state index in [0.717, 1.165) is 24.2 Å². The van der Waals surface area contributed by atoms with Crippen molar-refractivity contribution in [3.8, 4) is 0 Å². The van der Waals surface area contributed by atoms with Crippen molar-refractivity contribution in [3.63, 3.8) is 0 Å². The van der Waals surface area contributed by atoms with Gasteiger partial charge in [0, 0.05) is 6.04 Å². The summed E-state index contributed by atoms with van der Waals surface area (Å²) in [7, 11) is 0. The lowest BCUT2D eigenvalue weighted by atomic mass is 9.95. The van der Waals surface area contributed by atoms with E-state index in [2.05, 4.69) is 9.55 Å². The Hall–Kier alpha value is -1.09. The second kappa shape index (κ2) is 4.88. The highest BCUT2D eigenvalue weighted by molar-refractivity contribution is 6.16. The van der Waals surface area contributed by atoms with E-state index in [1.807, 2.05) is 6.07 Å². The van der Waals surface area contributed by atoms with Crippen LogP contribution in [0.15, 0.2) is 18.2 Å². The monoisotopic (exact) mass is 266 g/mol. The zero-order valence-electron chi connectivity index (χ0n) is 10.2. The van der Waals surface area contributed by atoms with E-state index >= 15 is 0 Å².